The zero-order chi connectivity index (χ0) is 11.1. The van der Waals surface area contributed by atoms with Crippen molar-refractivity contribution in [3.8, 4) is 0 Å². The summed E-state index contributed by atoms with van der Waals surface area (Å²) in [6.45, 7) is 2.60. The Morgan fingerprint density at radius 3 is 2.80 bits per heavy atom. The first-order chi connectivity index (χ1) is 7.26. The summed E-state index contributed by atoms with van der Waals surface area (Å²) in [5, 5.41) is 3.00. The van der Waals surface area contributed by atoms with E-state index < -0.39 is 0 Å². The van der Waals surface area contributed by atoms with E-state index in [-0.39, 0.29) is 0 Å². The Hall–Kier alpha value is -1.13. The summed E-state index contributed by atoms with van der Waals surface area (Å²) in [6, 6.07) is 4.07. The van der Waals surface area contributed by atoms with E-state index in [2.05, 4.69) is 28.3 Å². The fraction of sp³-hybridized carbons (Fsp3) is 0.545. The van der Waals surface area contributed by atoms with Crippen molar-refractivity contribution in [2.75, 3.05) is 39.7 Å². The number of aromatic nitrogens is 1. The number of rotatable bonds is 6. The third-order valence-corrected chi connectivity index (χ3v) is 2.21. The van der Waals surface area contributed by atoms with Gasteiger partial charge in [-0.1, -0.05) is 6.07 Å². The summed E-state index contributed by atoms with van der Waals surface area (Å²) in [5.74, 6) is 0.901. The summed E-state index contributed by atoms with van der Waals surface area (Å²) in [4.78, 5) is 6.47. The maximum absolute atomic E-state index is 5.02. The van der Waals surface area contributed by atoms with Gasteiger partial charge in [0, 0.05) is 33.4 Å². The Bertz CT molecular complexity index is 274. The molecule has 84 valence electrons. The highest BCUT2D eigenvalue weighted by molar-refractivity contribution is 5.34. The topological polar surface area (TPSA) is 37.4 Å². The molecule has 1 aromatic rings. The number of methoxy groups -OCH3 is 1. The zero-order valence-corrected chi connectivity index (χ0v) is 9.66. The first kappa shape index (κ1) is 11.9. The van der Waals surface area contributed by atoms with Crippen LogP contribution < -0.4 is 5.32 Å². The van der Waals surface area contributed by atoms with Gasteiger partial charge in [0.25, 0.3) is 0 Å². The molecule has 1 heterocycles. The fourth-order valence-corrected chi connectivity index (χ4v) is 1.30. The Labute approximate surface area is 91.3 Å². The van der Waals surface area contributed by atoms with Gasteiger partial charge in [-0.25, -0.2) is 4.98 Å². The van der Waals surface area contributed by atoms with Crippen molar-refractivity contribution in [1.82, 2.24) is 9.88 Å². The van der Waals surface area contributed by atoms with Gasteiger partial charge in [-0.3, -0.25) is 4.90 Å². The highest BCUT2D eigenvalue weighted by Crippen LogP contribution is 2.05. The highest BCUT2D eigenvalue weighted by atomic mass is 16.5. The third-order valence-electron chi connectivity index (χ3n) is 2.21. The molecule has 1 N–H and O–H groups in total. The molecule has 0 fully saturated rings. The molecule has 0 aliphatic carbocycles. The lowest BCUT2D eigenvalue weighted by atomic mass is 10.2. The Morgan fingerprint density at radius 1 is 1.47 bits per heavy atom. The summed E-state index contributed by atoms with van der Waals surface area (Å²) >= 11 is 0. The number of hydrogen-bond donors (Lipinski definition) is 1. The molecule has 0 atom stereocenters. The van der Waals surface area contributed by atoms with Gasteiger partial charge in [-0.15, -0.1) is 0 Å². The van der Waals surface area contributed by atoms with Crippen LogP contribution in [0.5, 0.6) is 0 Å². The van der Waals surface area contributed by atoms with Crippen molar-refractivity contribution in [3.63, 3.8) is 0 Å². The van der Waals surface area contributed by atoms with Crippen LogP contribution in [0, 0.1) is 0 Å². The fourth-order valence-electron chi connectivity index (χ4n) is 1.30. The smallest absolute Gasteiger partial charge is 0.125 e. The van der Waals surface area contributed by atoms with E-state index in [1.807, 2.05) is 19.3 Å². The standard InChI is InChI=1S/C11H19N3O/c1-12-11-5-4-10(8-13-11)9-14(2)6-7-15-3/h4-5,8H,6-7,9H2,1-3H3,(H,12,13). The van der Waals surface area contributed by atoms with Gasteiger partial charge in [0.15, 0.2) is 0 Å². The number of nitrogens with one attached hydrogen (secondary N) is 1. The summed E-state index contributed by atoms with van der Waals surface area (Å²) in [7, 11) is 5.66. The van der Waals surface area contributed by atoms with Gasteiger partial charge in [0.1, 0.15) is 5.82 Å². The van der Waals surface area contributed by atoms with Crippen LogP contribution in [0.4, 0.5) is 5.82 Å². The summed E-state index contributed by atoms with van der Waals surface area (Å²) in [5.41, 5.74) is 1.22. The van der Waals surface area contributed by atoms with Crippen LogP contribution in [0.3, 0.4) is 0 Å². The van der Waals surface area contributed by atoms with Gasteiger partial charge in [-0.05, 0) is 18.7 Å². The average molecular weight is 209 g/mol. The number of pyridine rings is 1. The minimum atomic E-state index is 0.762. The van der Waals surface area contributed by atoms with Crippen LogP contribution >= 0.6 is 0 Å². The molecule has 0 radical (unpaired) electrons. The van der Waals surface area contributed by atoms with E-state index in [1.165, 1.54) is 5.56 Å². The van der Waals surface area contributed by atoms with Crippen molar-refractivity contribution in [3.05, 3.63) is 23.9 Å². The van der Waals surface area contributed by atoms with E-state index in [1.54, 1.807) is 7.11 Å². The lowest BCUT2D eigenvalue weighted by Gasteiger charge is -2.15. The van der Waals surface area contributed by atoms with Crippen molar-refractivity contribution in [2.45, 2.75) is 6.54 Å². The van der Waals surface area contributed by atoms with Crippen molar-refractivity contribution >= 4 is 5.82 Å². The monoisotopic (exact) mass is 209 g/mol. The molecule has 0 unspecified atom stereocenters. The molecule has 15 heavy (non-hydrogen) atoms. The first-order valence-corrected chi connectivity index (χ1v) is 5.06. The predicted molar refractivity (Wildman–Crippen MR) is 62.0 cm³/mol. The van der Waals surface area contributed by atoms with Crippen LogP contribution in [0.1, 0.15) is 5.56 Å². The van der Waals surface area contributed by atoms with Gasteiger partial charge in [0.05, 0.1) is 6.61 Å². The van der Waals surface area contributed by atoms with Crippen molar-refractivity contribution in [2.24, 2.45) is 0 Å². The molecule has 0 spiro atoms. The maximum Gasteiger partial charge on any atom is 0.125 e. The Morgan fingerprint density at radius 2 is 2.27 bits per heavy atom. The van der Waals surface area contributed by atoms with Crippen LogP contribution in [0.2, 0.25) is 0 Å². The maximum atomic E-state index is 5.02. The molecule has 0 saturated heterocycles. The van der Waals surface area contributed by atoms with E-state index in [9.17, 15) is 0 Å². The number of likely N-dealkylation sites (N-methyl/N-ethyl adjacent to an activating group) is 1. The Kier molecular flexibility index (Phi) is 5.07. The van der Waals surface area contributed by atoms with Crippen molar-refractivity contribution < 1.29 is 4.74 Å². The second kappa shape index (κ2) is 6.37. The van der Waals surface area contributed by atoms with Crippen LogP contribution in [-0.2, 0) is 11.3 Å². The molecule has 0 aliphatic rings. The molecular formula is C11H19N3O. The van der Waals surface area contributed by atoms with Gasteiger partial charge in [0.2, 0.25) is 0 Å². The van der Waals surface area contributed by atoms with Gasteiger partial charge < -0.3 is 10.1 Å². The average Bonchev–Trinajstić information content (AvgIpc) is 2.27. The third kappa shape index (κ3) is 4.27. The predicted octanol–water partition coefficient (Wildman–Crippen LogP) is 1.20. The quantitative estimate of drug-likeness (QED) is 0.764. The zero-order valence-electron chi connectivity index (χ0n) is 9.66. The second-order valence-corrected chi connectivity index (χ2v) is 3.53. The van der Waals surface area contributed by atoms with Gasteiger partial charge >= 0.3 is 0 Å². The second-order valence-electron chi connectivity index (χ2n) is 3.53. The molecule has 4 nitrogen and oxygen atoms in total. The number of ether oxygens (including phenoxy) is 1. The molecule has 0 bridgehead atoms. The van der Waals surface area contributed by atoms with E-state index in [0.29, 0.717) is 0 Å². The molecule has 1 rings (SSSR count). The summed E-state index contributed by atoms with van der Waals surface area (Å²) in [6.07, 6.45) is 1.90. The van der Waals surface area contributed by atoms with Crippen LogP contribution in [0.25, 0.3) is 0 Å². The first-order valence-electron chi connectivity index (χ1n) is 5.06. The molecule has 4 heteroatoms. The lowest BCUT2D eigenvalue weighted by molar-refractivity contribution is 0.158. The molecule has 0 aromatic carbocycles. The Balaban J connectivity index is 2.42. The highest BCUT2D eigenvalue weighted by Gasteiger charge is 2.00. The normalized spacial score (nSPS) is 10.7. The number of nitrogens with zero attached hydrogens (tertiary/aromatic N) is 2. The largest absolute Gasteiger partial charge is 0.383 e. The van der Waals surface area contributed by atoms with Gasteiger partial charge in [-0.2, -0.15) is 0 Å². The minimum Gasteiger partial charge on any atom is -0.383 e. The molecule has 0 amide bonds. The van der Waals surface area contributed by atoms with Crippen LogP contribution in [-0.4, -0.2) is 44.2 Å². The molecule has 0 aliphatic heterocycles. The van der Waals surface area contributed by atoms with Crippen molar-refractivity contribution in [1.29, 1.82) is 0 Å². The van der Waals surface area contributed by atoms with E-state index in [4.69, 9.17) is 4.74 Å². The summed E-state index contributed by atoms with van der Waals surface area (Å²) < 4.78 is 5.02. The molecule has 1 aromatic heterocycles. The lowest BCUT2D eigenvalue weighted by Crippen LogP contribution is -2.22. The molecular weight excluding hydrogens is 190 g/mol. The van der Waals surface area contributed by atoms with E-state index >= 15 is 0 Å². The number of anilines is 1. The number of hydrogen-bond acceptors (Lipinski definition) is 4. The molecule has 0 saturated carbocycles. The SMILES string of the molecule is CNc1ccc(CN(C)CCOC)cn1. The van der Waals surface area contributed by atoms with E-state index in [0.717, 1.165) is 25.5 Å². The minimum absolute atomic E-state index is 0.762. The van der Waals surface area contributed by atoms with Crippen LogP contribution in [0.15, 0.2) is 18.3 Å².